The van der Waals surface area contributed by atoms with Gasteiger partial charge in [-0.25, -0.2) is 9.37 Å². The van der Waals surface area contributed by atoms with Crippen LogP contribution in [0, 0.1) is 11.8 Å². The lowest BCUT2D eigenvalue weighted by Gasteiger charge is -2.34. The van der Waals surface area contributed by atoms with Crippen LogP contribution in [0.25, 0.3) is 0 Å². The molecule has 0 unspecified atom stereocenters. The first-order chi connectivity index (χ1) is 8.63. The van der Waals surface area contributed by atoms with E-state index in [-0.39, 0.29) is 5.56 Å². The van der Waals surface area contributed by atoms with Crippen LogP contribution in [0.15, 0.2) is 12.3 Å². The largest absolute Gasteiger partial charge is 0.336 e. The summed E-state index contributed by atoms with van der Waals surface area (Å²) in [6, 6.07) is 1.22. The van der Waals surface area contributed by atoms with E-state index >= 15 is 0 Å². The predicted octanol–water partition coefficient (Wildman–Crippen LogP) is 1.14. The van der Waals surface area contributed by atoms with Gasteiger partial charge in [-0.1, -0.05) is 6.92 Å². The molecule has 0 saturated carbocycles. The average Bonchev–Trinajstić information content (AvgIpc) is 2.41. The molecule has 1 aliphatic rings. The van der Waals surface area contributed by atoms with Gasteiger partial charge in [0.25, 0.3) is 5.91 Å². The molecule has 6 heteroatoms. The maximum absolute atomic E-state index is 13.5. The highest BCUT2D eigenvalue weighted by molar-refractivity contribution is 5.94. The summed E-state index contributed by atoms with van der Waals surface area (Å²) in [6.07, 6.45) is 1.11. The lowest BCUT2D eigenvalue weighted by atomic mass is 10.2. The summed E-state index contributed by atoms with van der Waals surface area (Å²) in [7, 11) is 0. The van der Waals surface area contributed by atoms with E-state index in [2.05, 4.69) is 16.8 Å². The average molecular weight is 255 g/mol. The first kappa shape index (κ1) is 12.9. The predicted molar refractivity (Wildman–Crippen MR) is 62.2 cm³/mol. The SMILES string of the molecule is CCN1CCN(C(=O)c2ccnc(F)c2F)CC1. The number of carbonyl (C=O) groups is 1. The minimum absolute atomic E-state index is 0.243. The van der Waals surface area contributed by atoms with Gasteiger partial charge in [-0.3, -0.25) is 4.79 Å². The minimum Gasteiger partial charge on any atom is -0.336 e. The van der Waals surface area contributed by atoms with Gasteiger partial charge < -0.3 is 9.80 Å². The second kappa shape index (κ2) is 5.39. The number of nitrogens with zero attached hydrogens (tertiary/aromatic N) is 3. The quantitative estimate of drug-likeness (QED) is 0.743. The number of halogens is 2. The Hall–Kier alpha value is -1.56. The number of amides is 1. The van der Waals surface area contributed by atoms with Crippen LogP contribution in [0.3, 0.4) is 0 Å². The fraction of sp³-hybridized carbons (Fsp3) is 0.500. The number of aromatic nitrogens is 1. The van der Waals surface area contributed by atoms with E-state index in [0.29, 0.717) is 13.1 Å². The summed E-state index contributed by atoms with van der Waals surface area (Å²) in [5, 5.41) is 0. The first-order valence-corrected chi connectivity index (χ1v) is 5.95. The van der Waals surface area contributed by atoms with Crippen molar-refractivity contribution in [3.63, 3.8) is 0 Å². The fourth-order valence-electron chi connectivity index (χ4n) is 2.02. The van der Waals surface area contributed by atoms with Crippen molar-refractivity contribution < 1.29 is 13.6 Å². The highest BCUT2D eigenvalue weighted by atomic mass is 19.2. The van der Waals surface area contributed by atoms with Gasteiger partial charge in [0.2, 0.25) is 5.95 Å². The molecule has 4 nitrogen and oxygen atoms in total. The van der Waals surface area contributed by atoms with Gasteiger partial charge >= 0.3 is 0 Å². The first-order valence-electron chi connectivity index (χ1n) is 5.95. The van der Waals surface area contributed by atoms with Crippen LogP contribution in [-0.4, -0.2) is 53.4 Å². The maximum atomic E-state index is 13.5. The van der Waals surface area contributed by atoms with Crippen molar-refractivity contribution in [2.24, 2.45) is 0 Å². The Morgan fingerprint density at radius 2 is 2.00 bits per heavy atom. The molecule has 0 aliphatic carbocycles. The Balaban J connectivity index is 2.10. The third kappa shape index (κ3) is 2.48. The van der Waals surface area contributed by atoms with Crippen LogP contribution in [0.1, 0.15) is 17.3 Å². The van der Waals surface area contributed by atoms with Crippen LogP contribution in [0.5, 0.6) is 0 Å². The number of hydrogen-bond acceptors (Lipinski definition) is 3. The summed E-state index contributed by atoms with van der Waals surface area (Å²) in [6.45, 7) is 5.58. The molecule has 1 aliphatic heterocycles. The van der Waals surface area contributed by atoms with Crippen molar-refractivity contribution in [3.8, 4) is 0 Å². The number of carbonyl (C=O) groups excluding carboxylic acids is 1. The lowest BCUT2D eigenvalue weighted by molar-refractivity contribution is 0.0637. The third-order valence-corrected chi connectivity index (χ3v) is 3.18. The highest BCUT2D eigenvalue weighted by Gasteiger charge is 2.24. The lowest BCUT2D eigenvalue weighted by Crippen LogP contribution is -2.48. The summed E-state index contributed by atoms with van der Waals surface area (Å²) < 4.78 is 26.4. The molecule has 0 atom stereocenters. The number of likely N-dealkylation sites (N-methyl/N-ethyl adjacent to an activating group) is 1. The Morgan fingerprint density at radius 1 is 1.33 bits per heavy atom. The van der Waals surface area contributed by atoms with Gasteiger partial charge in [-0.05, 0) is 12.6 Å². The molecule has 0 spiro atoms. The van der Waals surface area contributed by atoms with Gasteiger partial charge in [-0.2, -0.15) is 4.39 Å². The van der Waals surface area contributed by atoms with Crippen molar-refractivity contribution in [1.29, 1.82) is 0 Å². The number of pyridine rings is 1. The molecule has 0 radical (unpaired) electrons. The third-order valence-electron chi connectivity index (χ3n) is 3.18. The van der Waals surface area contributed by atoms with Crippen molar-refractivity contribution in [3.05, 3.63) is 29.6 Å². The molecule has 1 saturated heterocycles. The standard InChI is InChI=1S/C12H15F2N3O/c1-2-16-5-7-17(8-6-16)12(18)9-3-4-15-11(14)10(9)13/h3-4H,2,5-8H2,1H3. The van der Waals surface area contributed by atoms with Gasteiger partial charge in [0.15, 0.2) is 5.82 Å². The van der Waals surface area contributed by atoms with Crippen LogP contribution in [0.4, 0.5) is 8.78 Å². The Kier molecular flexibility index (Phi) is 3.86. The molecule has 1 amide bonds. The summed E-state index contributed by atoms with van der Waals surface area (Å²) in [4.78, 5) is 19.0. The van der Waals surface area contributed by atoms with E-state index in [0.717, 1.165) is 25.8 Å². The second-order valence-electron chi connectivity index (χ2n) is 4.19. The molecule has 18 heavy (non-hydrogen) atoms. The molecule has 98 valence electrons. The zero-order valence-electron chi connectivity index (χ0n) is 10.2. The van der Waals surface area contributed by atoms with Gasteiger partial charge in [0, 0.05) is 32.4 Å². The topological polar surface area (TPSA) is 36.4 Å². The number of rotatable bonds is 2. The van der Waals surface area contributed by atoms with Crippen LogP contribution >= 0.6 is 0 Å². The number of piperazine rings is 1. The van der Waals surface area contributed by atoms with E-state index in [1.165, 1.54) is 6.07 Å². The van der Waals surface area contributed by atoms with Crippen molar-refractivity contribution in [2.75, 3.05) is 32.7 Å². The Morgan fingerprint density at radius 3 is 2.61 bits per heavy atom. The number of hydrogen-bond donors (Lipinski definition) is 0. The second-order valence-corrected chi connectivity index (χ2v) is 4.19. The van der Waals surface area contributed by atoms with Gasteiger partial charge in [0.05, 0.1) is 5.56 Å². The zero-order valence-corrected chi connectivity index (χ0v) is 10.2. The van der Waals surface area contributed by atoms with E-state index in [9.17, 15) is 13.6 Å². The van der Waals surface area contributed by atoms with E-state index in [1.54, 1.807) is 4.90 Å². The monoisotopic (exact) mass is 255 g/mol. The van der Waals surface area contributed by atoms with Gasteiger partial charge in [0.1, 0.15) is 0 Å². The molecule has 1 aromatic rings. The Labute approximate surface area is 104 Å². The summed E-state index contributed by atoms with van der Waals surface area (Å²) >= 11 is 0. The van der Waals surface area contributed by atoms with Gasteiger partial charge in [-0.15, -0.1) is 0 Å². The summed E-state index contributed by atoms with van der Waals surface area (Å²) in [5.74, 6) is -2.86. The van der Waals surface area contributed by atoms with E-state index in [4.69, 9.17) is 0 Å². The fourth-order valence-corrected chi connectivity index (χ4v) is 2.02. The molecule has 2 heterocycles. The molecular formula is C12H15F2N3O. The Bertz CT molecular complexity index is 445. The smallest absolute Gasteiger partial charge is 0.257 e. The molecular weight excluding hydrogens is 240 g/mol. The van der Waals surface area contributed by atoms with E-state index in [1.807, 2.05) is 0 Å². The molecule has 2 rings (SSSR count). The van der Waals surface area contributed by atoms with E-state index < -0.39 is 17.7 Å². The maximum Gasteiger partial charge on any atom is 0.257 e. The van der Waals surface area contributed by atoms with Crippen molar-refractivity contribution in [1.82, 2.24) is 14.8 Å². The molecule has 1 aromatic heterocycles. The highest BCUT2D eigenvalue weighted by Crippen LogP contribution is 2.13. The van der Waals surface area contributed by atoms with Crippen LogP contribution in [0.2, 0.25) is 0 Å². The van der Waals surface area contributed by atoms with Crippen molar-refractivity contribution in [2.45, 2.75) is 6.92 Å². The van der Waals surface area contributed by atoms with Crippen molar-refractivity contribution >= 4 is 5.91 Å². The molecule has 0 bridgehead atoms. The molecule has 0 aromatic carbocycles. The molecule has 0 N–H and O–H groups in total. The normalized spacial score (nSPS) is 16.9. The summed E-state index contributed by atoms with van der Waals surface area (Å²) in [5.41, 5.74) is -0.243. The molecule has 1 fully saturated rings. The minimum atomic E-state index is -1.23. The zero-order chi connectivity index (χ0) is 13.1. The van der Waals surface area contributed by atoms with Crippen LogP contribution in [-0.2, 0) is 0 Å². The van der Waals surface area contributed by atoms with Crippen LogP contribution < -0.4 is 0 Å².